The molecule has 16 heavy (non-hydrogen) atoms. The van der Waals surface area contributed by atoms with Crippen LogP contribution in [-0.4, -0.2) is 24.0 Å². The molecule has 0 saturated carbocycles. The molecular formula is C10H10ClF3N2. The first kappa shape index (κ1) is 11.5. The van der Waals surface area contributed by atoms with Gasteiger partial charge in [-0.25, -0.2) is 18.2 Å². The maximum Gasteiger partial charge on any atom is 0.251 e. The molecule has 0 amide bonds. The Balaban J connectivity index is 2.14. The monoisotopic (exact) mass is 250 g/mol. The quantitative estimate of drug-likeness (QED) is 0.761. The molecule has 1 aliphatic heterocycles. The van der Waals surface area contributed by atoms with Crippen LogP contribution in [0, 0.1) is 5.82 Å². The van der Waals surface area contributed by atoms with Crippen LogP contribution >= 0.6 is 11.6 Å². The van der Waals surface area contributed by atoms with E-state index in [1.165, 1.54) is 11.1 Å². The largest absolute Gasteiger partial charge is 0.354 e. The summed E-state index contributed by atoms with van der Waals surface area (Å²) < 4.78 is 39.2. The molecule has 0 radical (unpaired) electrons. The third-order valence-corrected chi connectivity index (χ3v) is 2.79. The second-order valence-corrected chi connectivity index (χ2v) is 4.24. The van der Waals surface area contributed by atoms with Crippen LogP contribution < -0.4 is 4.90 Å². The Morgan fingerprint density at radius 3 is 2.50 bits per heavy atom. The molecule has 2 nitrogen and oxygen atoms in total. The van der Waals surface area contributed by atoms with Crippen LogP contribution in [0.3, 0.4) is 0 Å². The molecule has 1 aromatic heterocycles. The SMILES string of the molecule is Fc1cc(Cl)cnc1N1CCC(F)(F)CC1. The average Bonchev–Trinajstić information content (AvgIpc) is 2.19. The van der Waals surface area contributed by atoms with Crippen LogP contribution in [0.5, 0.6) is 0 Å². The lowest BCUT2D eigenvalue weighted by Crippen LogP contribution is -2.40. The predicted molar refractivity (Wildman–Crippen MR) is 55.6 cm³/mol. The maximum absolute atomic E-state index is 13.5. The van der Waals surface area contributed by atoms with E-state index >= 15 is 0 Å². The molecule has 0 unspecified atom stereocenters. The van der Waals surface area contributed by atoms with Crippen LogP contribution in [0.4, 0.5) is 19.0 Å². The Labute approximate surface area is 96.0 Å². The molecular weight excluding hydrogens is 241 g/mol. The van der Waals surface area contributed by atoms with Crippen molar-refractivity contribution in [3.63, 3.8) is 0 Å². The van der Waals surface area contributed by atoms with Gasteiger partial charge in [0.25, 0.3) is 5.92 Å². The summed E-state index contributed by atoms with van der Waals surface area (Å²) in [4.78, 5) is 5.34. The standard InChI is InChI=1S/C10H10ClF3N2/c11-7-5-8(12)9(15-6-7)16-3-1-10(13,14)2-4-16/h5-6H,1-4H2. The summed E-state index contributed by atoms with van der Waals surface area (Å²) in [5.74, 6) is -3.11. The molecule has 88 valence electrons. The summed E-state index contributed by atoms with van der Waals surface area (Å²) in [6.45, 7) is 0.219. The first-order chi connectivity index (χ1) is 7.48. The Kier molecular flexibility index (Phi) is 2.97. The number of hydrogen-bond donors (Lipinski definition) is 0. The molecule has 0 spiro atoms. The summed E-state index contributed by atoms with van der Waals surface area (Å²) in [6, 6.07) is 1.14. The number of nitrogens with zero attached hydrogens (tertiary/aromatic N) is 2. The van der Waals surface area contributed by atoms with Gasteiger partial charge < -0.3 is 4.90 Å². The molecule has 1 aliphatic rings. The van der Waals surface area contributed by atoms with Gasteiger partial charge in [-0.15, -0.1) is 0 Å². The van der Waals surface area contributed by atoms with Crippen LogP contribution in [0.2, 0.25) is 5.02 Å². The molecule has 1 saturated heterocycles. The predicted octanol–water partition coefficient (Wildman–Crippen LogP) is 3.11. The minimum atomic E-state index is -2.64. The lowest BCUT2D eigenvalue weighted by molar-refractivity contribution is -0.0222. The third kappa shape index (κ3) is 2.40. The van der Waals surface area contributed by atoms with Crippen molar-refractivity contribution in [2.24, 2.45) is 0 Å². The van der Waals surface area contributed by atoms with Crippen LogP contribution in [-0.2, 0) is 0 Å². The smallest absolute Gasteiger partial charge is 0.251 e. The summed E-state index contributed by atoms with van der Waals surface area (Å²) in [5, 5.41) is 0.198. The number of aromatic nitrogens is 1. The Morgan fingerprint density at radius 1 is 1.31 bits per heavy atom. The van der Waals surface area contributed by atoms with Crippen molar-refractivity contribution in [1.29, 1.82) is 0 Å². The van der Waals surface area contributed by atoms with Crippen molar-refractivity contribution in [1.82, 2.24) is 4.98 Å². The van der Waals surface area contributed by atoms with E-state index in [1.54, 1.807) is 0 Å². The van der Waals surface area contributed by atoms with Crippen molar-refractivity contribution in [3.8, 4) is 0 Å². The van der Waals surface area contributed by atoms with Crippen molar-refractivity contribution >= 4 is 17.4 Å². The zero-order valence-corrected chi connectivity index (χ0v) is 9.15. The second kappa shape index (κ2) is 4.13. The number of pyridine rings is 1. The van der Waals surface area contributed by atoms with E-state index < -0.39 is 11.7 Å². The minimum Gasteiger partial charge on any atom is -0.354 e. The van der Waals surface area contributed by atoms with Crippen molar-refractivity contribution in [3.05, 3.63) is 23.1 Å². The molecule has 2 heterocycles. The number of halogens is 4. The van der Waals surface area contributed by atoms with E-state index in [2.05, 4.69) is 4.98 Å². The third-order valence-electron chi connectivity index (χ3n) is 2.58. The van der Waals surface area contributed by atoms with Gasteiger partial charge >= 0.3 is 0 Å². The minimum absolute atomic E-state index is 0.0971. The summed E-state index contributed by atoms with van der Waals surface area (Å²) >= 11 is 5.56. The fourth-order valence-electron chi connectivity index (χ4n) is 1.69. The van der Waals surface area contributed by atoms with Gasteiger partial charge in [-0.1, -0.05) is 11.6 Å². The lowest BCUT2D eigenvalue weighted by atomic mass is 10.1. The van der Waals surface area contributed by atoms with E-state index in [9.17, 15) is 13.2 Å². The highest BCUT2D eigenvalue weighted by Gasteiger charge is 2.35. The van der Waals surface area contributed by atoms with E-state index in [0.29, 0.717) is 0 Å². The second-order valence-electron chi connectivity index (χ2n) is 3.80. The zero-order valence-electron chi connectivity index (χ0n) is 8.39. The highest BCUT2D eigenvalue weighted by molar-refractivity contribution is 6.30. The average molecular weight is 251 g/mol. The highest BCUT2D eigenvalue weighted by atomic mass is 35.5. The maximum atomic E-state index is 13.5. The van der Waals surface area contributed by atoms with E-state index in [4.69, 9.17) is 11.6 Å². The van der Waals surface area contributed by atoms with Crippen molar-refractivity contribution in [2.45, 2.75) is 18.8 Å². The highest BCUT2D eigenvalue weighted by Crippen LogP contribution is 2.30. The Hall–Kier alpha value is -0.970. The van der Waals surface area contributed by atoms with Gasteiger partial charge in [0.2, 0.25) is 0 Å². The number of anilines is 1. The van der Waals surface area contributed by atoms with Gasteiger partial charge in [0, 0.05) is 32.1 Å². The van der Waals surface area contributed by atoms with Crippen molar-refractivity contribution < 1.29 is 13.2 Å². The molecule has 2 rings (SSSR count). The van der Waals surface area contributed by atoms with Gasteiger partial charge in [-0.05, 0) is 6.07 Å². The van der Waals surface area contributed by atoms with Gasteiger partial charge in [-0.3, -0.25) is 0 Å². The Morgan fingerprint density at radius 2 is 1.94 bits per heavy atom. The van der Waals surface area contributed by atoms with Gasteiger partial charge in [0.1, 0.15) is 0 Å². The zero-order chi connectivity index (χ0) is 11.8. The first-order valence-corrected chi connectivity index (χ1v) is 5.29. The van der Waals surface area contributed by atoms with Gasteiger partial charge in [-0.2, -0.15) is 0 Å². The van der Waals surface area contributed by atoms with Crippen molar-refractivity contribution in [2.75, 3.05) is 18.0 Å². The molecule has 6 heteroatoms. The molecule has 0 bridgehead atoms. The van der Waals surface area contributed by atoms with E-state index in [-0.39, 0.29) is 36.8 Å². The summed E-state index contributed by atoms with van der Waals surface area (Å²) in [7, 11) is 0. The fourth-order valence-corrected chi connectivity index (χ4v) is 1.83. The van der Waals surface area contributed by atoms with Crippen LogP contribution in [0.25, 0.3) is 0 Å². The fraction of sp³-hybridized carbons (Fsp3) is 0.500. The molecule has 0 N–H and O–H groups in total. The summed E-state index contributed by atoms with van der Waals surface area (Å²) in [5.41, 5.74) is 0. The number of piperidine rings is 1. The van der Waals surface area contributed by atoms with E-state index in [0.717, 1.165) is 6.07 Å². The van der Waals surface area contributed by atoms with Gasteiger partial charge in [0.05, 0.1) is 5.02 Å². The summed E-state index contributed by atoms with van der Waals surface area (Å²) in [6.07, 6.45) is 0.778. The number of alkyl halides is 2. The first-order valence-electron chi connectivity index (χ1n) is 4.92. The van der Waals surface area contributed by atoms with Crippen LogP contribution in [0.1, 0.15) is 12.8 Å². The normalized spacial score (nSPS) is 19.9. The Bertz CT molecular complexity index is 388. The number of hydrogen-bond acceptors (Lipinski definition) is 2. The van der Waals surface area contributed by atoms with E-state index in [1.807, 2.05) is 0 Å². The molecule has 0 atom stereocenters. The number of rotatable bonds is 1. The molecule has 1 aromatic rings. The molecule has 1 fully saturated rings. The van der Waals surface area contributed by atoms with Gasteiger partial charge in [0.15, 0.2) is 11.6 Å². The van der Waals surface area contributed by atoms with Crippen LogP contribution in [0.15, 0.2) is 12.3 Å². The molecule has 0 aromatic carbocycles. The lowest BCUT2D eigenvalue weighted by Gasteiger charge is -2.32. The topological polar surface area (TPSA) is 16.1 Å². The molecule has 0 aliphatic carbocycles.